The summed E-state index contributed by atoms with van der Waals surface area (Å²) in [6.45, 7) is 12.7. The molecule has 3 atom stereocenters. The molecule has 94 heavy (non-hydrogen) atoms. The van der Waals surface area contributed by atoms with Gasteiger partial charge in [0.05, 0.1) is 36.3 Å². The van der Waals surface area contributed by atoms with Gasteiger partial charge in [0.2, 0.25) is 11.8 Å². The molecule has 0 saturated carbocycles. The van der Waals surface area contributed by atoms with Crippen LogP contribution in [0.15, 0.2) is 155 Å². The molecule has 5 aromatic carbocycles. The summed E-state index contributed by atoms with van der Waals surface area (Å²) in [6, 6.07) is 37.6. The Hall–Kier alpha value is -9.79. The number of nitrogens with two attached hydrogens (primary N) is 2. The fraction of sp³-hybridized carbons (Fsp3) is 0.365. The van der Waals surface area contributed by atoms with Crippen LogP contribution >= 0.6 is 0 Å². The van der Waals surface area contributed by atoms with Gasteiger partial charge < -0.3 is 41.8 Å². The molecular weight excluding hydrogens is 1180 g/mol. The van der Waals surface area contributed by atoms with Gasteiger partial charge in [-0.15, -0.1) is 0 Å². The van der Waals surface area contributed by atoms with Crippen molar-refractivity contribution in [2.45, 2.75) is 110 Å². The second-order valence-corrected chi connectivity index (χ2v) is 24.7. The number of esters is 1. The number of ether oxygens (including phenoxy) is 2. The van der Waals surface area contributed by atoms with Crippen molar-refractivity contribution in [3.63, 3.8) is 0 Å². The third kappa shape index (κ3) is 17.7. The third-order valence-corrected chi connectivity index (χ3v) is 17.5. The van der Waals surface area contributed by atoms with Gasteiger partial charge in [-0.1, -0.05) is 106 Å². The predicted molar refractivity (Wildman–Crippen MR) is 368 cm³/mol. The van der Waals surface area contributed by atoms with Crippen LogP contribution in [0.4, 0.5) is 27.5 Å². The molecule has 5 heterocycles. The van der Waals surface area contributed by atoms with Crippen LogP contribution in [-0.4, -0.2) is 137 Å². The predicted octanol–water partition coefficient (Wildman–Crippen LogP) is 10.9. The van der Waals surface area contributed by atoms with Gasteiger partial charge in [-0.2, -0.15) is 0 Å². The number of likely N-dealkylation sites (tertiary alicyclic amines) is 2. The van der Waals surface area contributed by atoms with E-state index in [0.717, 1.165) is 85.1 Å². The van der Waals surface area contributed by atoms with Gasteiger partial charge in [0.25, 0.3) is 11.8 Å². The smallest absolute Gasteiger partial charge is 0.410 e. The molecule has 2 saturated heterocycles. The van der Waals surface area contributed by atoms with E-state index in [0.29, 0.717) is 115 Å². The molecule has 20 nitrogen and oxygen atoms in total. The van der Waals surface area contributed by atoms with Crippen molar-refractivity contribution in [3.05, 3.63) is 195 Å². The van der Waals surface area contributed by atoms with Gasteiger partial charge in [-0.25, -0.2) is 14.8 Å². The lowest BCUT2D eigenvalue weighted by atomic mass is 9.89. The zero-order valence-electron chi connectivity index (χ0n) is 54.3. The average Bonchev–Trinajstić information content (AvgIpc) is 1.69. The van der Waals surface area contributed by atoms with E-state index in [9.17, 15) is 28.8 Å². The van der Waals surface area contributed by atoms with Gasteiger partial charge in [-0.05, 0) is 140 Å². The second kappa shape index (κ2) is 32.2. The molecule has 1 aromatic heterocycles. The highest BCUT2D eigenvalue weighted by Crippen LogP contribution is 2.37. The molecule has 10 rings (SSSR count). The standard InChI is InChI=1S/C74H86N12O8/c1-5-28-83(45-52-33-55-24-26-58(38-64(55)81-67(75)35-52)70(88)80-61-34-53(41-77-43-61)42-78-71(89)66-19-13-32-86(66)74(92)94-48-51-14-9-8-10-15-51)31-12-16-49-20-22-50(23-21-49)44-84-46-62(63(47-84)73(91)93-4)54-17-11-18-60(37-54)79-69(87)57-27-25-56-36-59(40-68(76)82-65(56)39-57)72(90)85(29-6-2)30-7-3/h8-11,14-15,17-18,20-27,33-34,36-39,41,43,62-63,66H,5-7,12-13,16,19,28-32,35,40,42,44-48H2,1-4H3,(H2,75,81)(H2,76,82)(H,78,89)(H,79,87)(H,80,88)/t62?,63-,66?/m0/s1. The number of carbonyl (C=O) groups excluding carboxylic acids is 6. The summed E-state index contributed by atoms with van der Waals surface area (Å²) in [4.78, 5) is 102. The quantitative estimate of drug-likeness (QED) is 0.0317. The fourth-order valence-electron chi connectivity index (χ4n) is 12.9. The summed E-state index contributed by atoms with van der Waals surface area (Å²) in [5.74, 6) is -1.07. The van der Waals surface area contributed by atoms with Crippen molar-refractivity contribution in [2.75, 3.05) is 70.1 Å². The summed E-state index contributed by atoms with van der Waals surface area (Å²) >= 11 is 0. The number of fused-ring (bicyclic) bond motifs is 2. The topological polar surface area (TPSA) is 260 Å². The largest absolute Gasteiger partial charge is 0.469 e. The van der Waals surface area contributed by atoms with E-state index in [1.807, 2.05) is 71.6 Å². The molecule has 0 bridgehead atoms. The van der Waals surface area contributed by atoms with Crippen molar-refractivity contribution in [1.82, 2.24) is 29.9 Å². The van der Waals surface area contributed by atoms with E-state index in [1.165, 1.54) is 17.6 Å². The number of nitrogens with zero attached hydrogens (tertiary/aromatic N) is 7. The van der Waals surface area contributed by atoms with E-state index in [4.69, 9.17) is 25.9 Å². The molecule has 2 unspecified atom stereocenters. The minimum Gasteiger partial charge on any atom is -0.469 e. The highest BCUT2D eigenvalue weighted by atomic mass is 16.6. The normalized spacial score (nSPS) is 16.9. The Morgan fingerprint density at radius 2 is 1.35 bits per heavy atom. The van der Waals surface area contributed by atoms with Crippen molar-refractivity contribution >= 4 is 82.3 Å². The number of nitrogens with one attached hydrogen (secondary N) is 3. The summed E-state index contributed by atoms with van der Waals surface area (Å²) in [5.41, 5.74) is 24.0. The molecule has 0 spiro atoms. The Labute approximate surface area is 550 Å². The number of aliphatic imine (C=N–C) groups is 2. The Balaban J connectivity index is 0.693. The first kappa shape index (κ1) is 67.1. The number of rotatable bonds is 26. The maximum absolute atomic E-state index is 13.8. The molecule has 4 aliphatic heterocycles. The van der Waals surface area contributed by atoms with E-state index < -0.39 is 18.1 Å². The first-order valence-corrected chi connectivity index (χ1v) is 32.8. The molecule has 490 valence electrons. The summed E-state index contributed by atoms with van der Waals surface area (Å²) in [7, 11) is 1.43. The maximum Gasteiger partial charge on any atom is 0.410 e. The summed E-state index contributed by atoms with van der Waals surface area (Å²) < 4.78 is 10.9. The van der Waals surface area contributed by atoms with Crippen molar-refractivity contribution in [3.8, 4) is 0 Å². The Morgan fingerprint density at radius 1 is 0.670 bits per heavy atom. The number of pyridine rings is 1. The van der Waals surface area contributed by atoms with Crippen molar-refractivity contribution in [2.24, 2.45) is 27.4 Å². The number of hydrogen-bond donors (Lipinski definition) is 5. The van der Waals surface area contributed by atoms with Crippen LogP contribution in [0.2, 0.25) is 0 Å². The second-order valence-electron chi connectivity index (χ2n) is 24.7. The summed E-state index contributed by atoms with van der Waals surface area (Å²) in [6.07, 6.45) is 13.1. The zero-order valence-corrected chi connectivity index (χ0v) is 54.3. The van der Waals surface area contributed by atoms with Gasteiger partial charge in [-0.3, -0.25) is 43.7 Å². The van der Waals surface area contributed by atoms with Gasteiger partial charge >= 0.3 is 12.1 Å². The third-order valence-electron chi connectivity index (χ3n) is 17.5. The first-order valence-electron chi connectivity index (χ1n) is 32.8. The highest BCUT2D eigenvalue weighted by Gasteiger charge is 2.40. The van der Waals surface area contributed by atoms with Gasteiger partial charge in [0.15, 0.2) is 0 Å². The average molecular weight is 1270 g/mol. The molecular formula is C74H86N12O8. The number of hydrogen-bond acceptors (Lipinski definition) is 15. The lowest BCUT2D eigenvalue weighted by Gasteiger charge is -2.23. The Morgan fingerprint density at radius 3 is 2.05 bits per heavy atom. The van der Waals surface area contributed by atoms with Gasteiger partial charge in [0.1, 0.15) is 24.3 Å². The van der Waals surface area contributed by atoms with E-state index in [2.05, 4.69) is 86.8 Å². The van der Waals surface area contributed by atoms with Crippen LogP contribution in [0, 0.1) is 5.92 Å². The number of benzene rings is 5. The Bertz CT molecular complexity index is 3840. The Kier molecular flexibility index (Phi) is 23.0. The van der Waals surface area contributed by atoms with Gasteiger partial charge in [0, 0.05) is 111 Å². The van der Waals surface area contributed by atoms with Crippen LogP contribution in [0.3, 0.4) is 0 Å². The number of methoxy groups -OCH3 is 1. The number of aryl methyl sites for hydroxylation is 1. The summed E-state index contributed by atoms with van der Waals surface area (Å²) in [5, 5.41) is 8.92. The first-order chi connectivity index (χ1) is 45.6. The molecule has 0 aliphatic carbocycles. The molecule has 2 fully saturated rings. The fourth-order valence-corrected chi connectivity index (χ4v) is 12.9. The van der Waals surface area contributed by atoms with Crippen LogP contribution in [-0.2, 0) is 50.0 Å². The molecule has 6 aromatic rings. The van der Waals surface area contributed by atoms with Crippen LogP contribution in [0.25, 0.3) is 12.2 Å². The number of aromatic nitrogens is 1. The number of amidine groups is 2. The molecule has 7 N–H and O–H groups in total. The zero-order chi connectivity index (χ0) is 66.1. The molecule has 4 aliphatic rings. The van der Waals surface area contributed by atoms with E-state index in [-0.39, 0.29) is 55.1 Å². The minimum absolute atomic E-state index is 0.0508. The number of amides is 5. The van der Waals surface area contributed by atoms with Crippen LogP contribution < -0.4 is 27.4 Å². The van der Waals surface area contributed by atoms with Crippen molar-refractivity contribution < 1.29 is 38.2 Å². The lowest BCUT2D eigenvalue weighted by molar-refractivity contribution is -0.145. The monoisotopic (exact) mass is 1270 g/mol. The van der Waals surface area contributed by atoms with Crippen LogP contribution in [0.5, 0.6) is 0 Å². The number of carbonyl (C=O) groups is 6. The lowest BCUT2D eigenvalue weighted by Crippen LogP contribution is -2.45. The minimum atomic E-state index is -0.643. The van der Waals surface area contributed by atoms with Crippen LogP contribution in [0.1, 0.15) is 138 Å². The van der Waals surface area contributed by atoms with E-state index >= 15 is 0 Å². The van der Waals surface area contributed by atoms with E-state index in [1.54, 1.807) is 48.8 Å². The molecule has 5 amide bonds. The molecule has 0 radical (unpaired) electrons. The maximum atomic E-state index is 13.8. The number of anilines is 2. The van der Waals surface area contributed by atoms with Crippen molar-refractivity contribution in [1.29, 1.82) is 0 Å². The molecule has 20 heteroatoms. The highest BCUT2D eigenvalue weighted by molar-refractivity contribution is 6.08. The SMILES string of the molecule is CCCN(CCCc1ccc(CN2CC(c3cccc(NC(=O)c4ccc5c(c4)N=C(N)CC(C(=O)N(CCC)CCC)=C5)c3)[C@@H](C(=O)OC)C2)cc1)CC1=Cc2ccc(C(=O)Nc3cncc(CNC(=O)C4CCCN4C(=O)OCc4ccccc4)c3)cc2N=C(N)C1.